The van der Waals surface area contributed by atoms with Crippen molar-refractivity contribution in [2.45, 2.75) is 6.92 Å². The number of aromatic carboxylic acids is 1. The van der Waals surface area contributed by atoms with Crippen molar-refractivity contribution in [3.63, 3.8) is 0 Å². The number of hydrogen-bond acceptors (Lipinski definition) is 3. The molecule has 2 aromatic rings. The number of ether oxygens (including phenoxy) is 1. The quantitative estimate of drug-likeness (QED) is 0.911. The minimum atomic E-state index is -0.966. The first-order chi connectivity index (χ1) is 9.15. The van der Waals surface area contributed by atoms with Crippen LogP contribution in [0, 0.1) is 11.3 Å². The van der Waals surface area contributed by atoms with Gasteiger partial charge in [0.1, 0.15) is 11.6 Å². The van der Waals surface area contributed by atoms with Gasteiger partial charge in [-0.2, -0.15) is 5.26 Å². The number of carboxylic acid groups (broad SMARTS) is 1. The molecule has 0 fully saturated rings. The molecular weight excluding hydrogens is 244 g/mol. The van der Waals surface area contributed by atoms with Crippen LogP contribution in [0.15, 0.2) is 36.7 Å². The molecule has 1 N–H and O–H groups in total. The highest BCUT2D eigenvalue weighted by molar-refractivity contribution is 5.87. The van der Waals surface area contributed by atoms with Crippen LogP contribution in [-0.4, -0.2) is 22.2 Å². The maximum Gasteiger partial charge on any atom is 0.335 e. The Kier molecular flexibility index (Phi) is 3.53. The van der Waals surface area contributed by atoms with Gasteiger partial charge in [-0.15, -0.1) is 0 Å². The molecule has 96 valence electrons. The van der Waals surface area contributed by atoms with Crippen molar-refractivity contribution in [1.29, 1.82) is 5.26 Å². The summed E-state index contributed by atoms with van der Waals surface area (Å²) in [5.41, 5.74) is 1.44. The van der Waals surface area contributed by atoms with Crippen molar-refractivity contribution >= 4 is 5.97 Å². The largest absolute Gasteiger partial charge is 0.491 e. The predicted octanol–water partition coefficient (Wildman–Crippen LogP) is 2.45. The molecule has 0 aliphatic rings. The van der Waals surface area contributed by atoms with E-state index >= 15 is 0 Å². The van der Waals surface area contributed by atoms with Crippen molar-refractivity contribution in [2.24, 2.45) is 0 Å². The molecule has 5 heteroatoms. The van der Waals surface area contributed by atoms with E-state index in [1.807, 2.05) is 6.92 Å². The van der Waals surface area contributed by atoms with Gasteiger partial charge in [0.25, 0.3) is 0 Å². The lowest BCUT2D eigenvalue weighted by molar-refractivity contribution is 0.0697. The van der Waals surface area contributed by atoms with Crippen molar-refractivity contribution < 1.29 is 14.6 Å². The molecular formula is C14H12N2O3. The summed E-state index contributed by atoms with van der Waals surface area (Å²) >= 11 is 0. The maximum absolute atomic E-state index is 10.8. The van der Waals surface area contributed by atoms with Gasteiger partial charge >= 0.3 is 5.97 Å². The van der Waals surface area contributed by atoms with Crippen molar-refractivity contribution in [3.8, 4) is 17.5 Å². The van der Waals surface area contributed by atoms with Crippen molar-refractivity contribution in [2.75, 3.05) is 6.61 Å². The van der Waals surface area contributed by atoms with E-state index in [9.17, 15) is 4.79 Å². The molecule has 1 heterocycles. The topological polar surface area (TPSA) is 75.2 Å². The first-order valence-corrected chi connectivity index (χ1v) is 5.74. The number of carboxylic acids is 1. The standard InChI is InChI=1S/C14H12N2O3/c1-2-19-13-9-16(8-11(13)7-15)12-5-3-10(4-6-12)14(17)18/h3-6,8-9H,2H2,1H3,(H,17,18). The van der Waals surface area contributed by atoms with E-state index in [4.69, 9.17) is 15.1 Å². The summed E-state index contributed by atoms with van der Waals surface area (Å²) in [5, 5.41) is 17.8. The Labute approximate surface area is 110 Å². The molecule has 1 aromatic heterocycles. The number of aromatic nitrogens is 1. The number of hydrogen-bond donors (Lipinski definition) is 1. The van der Waals surface area contributed by atoms with Gasteiger partial charge in [0, 0.05) is 11.9 Å². The Morgan fingerprint density at radius 1 is 1.37 bits per heavy atom. The third kappa shape index (κ3) is 2.58. The van der Waals surface area contributed by atoms with Crippen LogP contribution in [0.1, 0.15) is 22.8 Å². The van der Waals surface area contributed by atoms with Gasteiger partial charge < -0.3 is 14.4 Å². The highest BCUT2D eigenvalue weighted by Crippen LogP contribution is 2.22. The van der Waals surface area contributed by atoms with Gasteiger partial charge in [-0.3, -0.25) is 0 Å². The van der Waals surface area contributed by atoms with Crippen molar-refractivity contribution in [1.82, 2.24) is 4.57 Å². The van der Waals surface area contributed by atoms with Crippen LogP contribution >= 0.6 is 0 Å². The molecule has 0 amide bonds. The fourth-order valence-corrected chi connectivity index (χ4v) is 1.72. The molecule has 0 unspecified atom stereocenters. The van der Waals surface area contributed by atoms with Crippen LogP contribution in [0.2, 0.25) is 0 Å². The monoisotopic (exact) mass is 256 g/mol. The van der Waals surface area contributed by atoms with E-state index in [2.05, 4.69) is 6.07 Å². The summed E-state index contributed by atoms with van der Waals surface area (Å²) < 4.78 is 7.09. The average Bonchev–Trinajstić information content (AvgIpc) is 2.82. The summed E-state index contributed by atoms with van der Waals surface area (Å²) in [6, 6.07) is 8.46. The van der Waals surface area contributed by atoms with Crippen LogP contribution in [-0.2, 0) is 0 Å². The zero-order valence-corrected chi connectivity index (χ0v) is 10.3. The summed E-state index contributed by atoms with van der Waals surface area (Å²) in [4.78, 5) is 10.8. The molecule has 2 rings (SSSR count). The highest BCUT2D eigenvalue weighted by Gasteiger charge is 2.09. The third-order valence-corrected chi connectivity index (χ3v) is 2.62. The Balaban J connectivity index is 2.36. The predicted molar refractivity (Wildman–Crippen MR) is 68.6 cm³/mol. The molecule has 0 spiro atoms. The van der Waals surface area contributed by atoms with Gasteiger partial charge in [0.15, 0.2) is 5.75 Å². The van der Waals surface area contributed by atoms with Crippen molar-refractivity contribution in [3.05, 3.63) is 47.8 Å². The highest BCUT2D eigenvalue weighted by atomic mass is 16.5. The fraction of sp³-hybridized carbons (Fsp3) is 0.143. The molecule has 0 aliphatic carbocycles. The summed E-state index contributed by atoms with van der Waals surface area (Å²) in [6.45, 7) is 2.33. The van der Waals surface area contributed by atoms with Crippen LogP contribution < -0.4 is 4.74 Å². The number of rotatable bonds is 4. The van der Waals surface area contributed by atoms with E-state index in [-0.39, 0.29) is 5.56 Å². The van der Waals surface area contributed by atoms with Crippen LogP contribution in [0.3, 0.4) is 0 Å². The second kappa shape index (κ2) is 5.27. The minimum absolute atomic E-state index is 0.224. The molecule has 0 radical (unpaired) electrons. The molecule has 5 nitrogen and oxygen atoms in total. The number of nitriles is 1. The minimum Gasteiger partial charge on any atom is -0.491 e. The Morgan fingerprint density at radius 2 is 2.05 bits per heavy atom. The molecule has 0 bridgehead atoms. The second-order valence-electron chi connectivity index (χ2n) is 3.84. The summed E-state index contributed by atoms with van der Waals surface area (Å²) in [6.07, 6.45) is 3.36. The van der Waals surface area contributed by atoms with E-state index in [1.165, 1.54) is 12.1 Å². The molecule has 1 aromatic carbocycles. The van der Waals surface area contributed by atoms with Crippen LogP contribution in [0.5, 0.6) is 5.75 Å². The molecule has 0 saturated heterocycles. The molecule has 0 aliphatic heterocycles. The van der Waals surface area contributed by atoms with Gasteiger partial charge in [0.05, 0.1) is 18.4 Å². The lowest BCUT2D eigenvalue weighted by Crippen LogP contribution is -1.97. The molecule has 0 saturated carbocycles. The van der Waals surface area contributed by atoms with Crippen LogP contribution in [0.25, 0.3) is 5.69 Å². The first kappa shape index (κ1) is 12.7. The Bertz CT molecular complexity index is 636. The number of benzene rings is 1. The zero-order valence-electron chi connectivity index (χ0n) is 10.3. The average molecular weight is 256 g/mol. The smallest absolute Gasteiger partial charge is 0.335 e. The van der Waals surface area contributed by atoms with E-state index in [0.717, 1.165) is 5.69 Å². The first-order valence-electron chi connectivity index (χ1n) is 5.74. The number of carbonyl (C=O) groups is 1. The normalized spacial score (nSPS) is 9.89. The lowest BCUT2D eigenvalue weighted by atomic mass is 10.2. The zero-order chi connectivity index (χ0) is 13.8. The molecule has 19 heavy (non-hydrogen) atoms. The Hall–Kier alpha value is -2.74. The maximum atomic E-state index is 10.8. The van der Waals surface area contributed by atoms with E-state index < -0.39 is 5.97 Å². The van der Waals surface area contributed by atoms with Gasteiger partial charge in [-0.1, -0.05) is 0 Å². The van der Waals surface area contributed by atoms with E-state index in [0.29, 0.717) is 17.9 Å². The number of nitrogens with zero attached hydrogens (tertiary/aromatic N) is 2. The van der Waals surface area contributed by atoms with E-state index in [1.54, 1.807) is 29.1 Å². The third-order valence-electron chi connectivity index (χ3n) is 2.62. The summed E-state index contributed by atoms with van der Waals surface area (Å²) in [5.74, 6) is -0.445. The Morgan fingerprint density at radius 3 is 2.58 bits per heavy atom. The fourth-order valence-electron chi connectivity index (χ4n) is 1.72. The van der Waals surface area contributed by atoms with Gasteiger partial charge in [-0.05, 0) is 31.2 Å². The molecule has 0 atom stereocenters. The SMILES string of the molecule is CCOc1cn(-c2ccc(C(=O)O)cc2)cc1C#N. The van der Waals surface area contributed by atoms with Crippen LogP contribution in [0.4, 0.5) is 0 Å². The van der Waals surface area contributed by atoms with Gasteiger partial charge in [0.2, 0.25) is 0 Å². The van der Waals surface area contributed by atoms with Gasteiger partial charge in [-0.25, -0.2) is 4.79 Å². The lowest BCUT2D eigenvalue weighted by Gasteiger charge is -2.03. The second-order valence-corrected chi connectivity index (χ2v) is 3.84. The summed E-state index contributed by atoms with van der Waals surface area (Å²) in [7, 11) is 0.